The van der Waals surface area contributed by atoms with E-state index in [-0.39, 0.29) is 17.2 Å². The summed E-state index contributed by atoms with van der Waals surface area (Å²) in [4.78, 5) is 26.3. The Balaban J connectivity index is 1.87. The van der Waals surface area contributed by atoms with Gasteiger partial charge in [0.1, 0.15) is 0 Å². The molecular weight excluding hydrogens is 360 g/mol. The second-order valence-electron chi connectivity index (χ2n) is 6.90. The molecule has 1 aromatic carbocycles. The van der Waals surface area contributed by atoms with Crippen LogP contribution in [0.1, 0.15) is 48.3 Å². The Labute approximate surface area is 163 Å². The number of aromatic hydroxyl groups is 1. The highest BCUT2D eigenvalue weighted by molar-refractivity contribution is 5.95. The molecule has 2 aromatic rings. The summed E-state index contributed by atoms with van der Waals surface area (Å²) >= 11 is 0. The van der Waals surface area contributed by atoms with E-state index in [9.17, 15) is 9.90 Å². The van der Waals surface area contributed by atoms with Gasteiger partial charge in [0.25, 0.3) is 5.91 Å². The predicted molar refractivity (Wildman–Crippen MR) is 104 cm³/mol. The number of aliphatic imine (C=N–C) groups is 1. The number of rotatable bonds is 6. The zero-order valence-corrected chi connectivity index (χ0v) is 16.3. The van der Waals surface area contributed by atoms with Gasteiger partial charge in [0.2, 0.25) is 0 Å². The standard InChI is InChI=1S/C20H24N4O4/c1-12(2)14-5-7-15(8-6-14)20(22-11-28-24-20)13(3)23-19(26)17-18(25)16(27-4)9-10-21-17/h5-13,24-25H,1-4H3,(H,23,26)/t13-,20?/m0/s1. The van der Waals surface area contributed by atoms with Crippen LogP contribution in [-0.4, -0.2) is 35.5 Å². The van der Waals surface area contributed by atoms with E-state index in [1.807, 2.05) is 24.3 Å². The number of carbonyl (C=O) groups is 1. The zero-order chi connectivity index (χ0) is 20.3. The van der Waals surface area contributed by atoms with E-state index in [1.54, 1.807) is 6.92 Å². The highest BCUT2D eigenvalue weighted by Crippen LogP contribution is 2.32. The smallest absolute Gasteiger partial charge is 0.274 e. The summed E-state index contributed by atoms with van der Waals surface area (Å²) in [6.07, 6.45) is 2.70. The maximum Gasteiger partial charge on any atom is 0.274 e. The average Bonchev–Trinajstić information content (AvgIpc) is 3.19. The number of hydrogen-bond acceptors (Lipinski definition) is 7. The van der Waals surface area contributed by atoms with Gasteiger partial charge < -0.3 is 20.0 Å². The number of ether oxygens (including phenoxy) is 1. The van der Waals surface area contributed by atoms with Crippen molar-refractivity contribution in [2.45, 2.75) is 38.4 Å². The maximum atomic E-state index is 12.7. The van der Waals surface area contributed by atoms with Crippen molar-refractivity contribution in [1.82, 2.24) is 15.8 Å². The highest BCUT2D eigenvalue weighted by atomic mass is 16.7. The van der Waals surface area contributed by atoms with Crippen molar-refractivity contribution in [2.75, 3.05) is 7.11 Å². The second kappa shape index (κ2) is 7.85. The lowest BCUT2D eigenvalue weighted by molar-refractivity contribution is 0.0773. The van der Waals surface area contributed by atoms with Gasteiger partial charge in [-0.25, -0.2) is 9.98 Å². The molecule has 3 N–H and O–H groups in total. The van der Waals surface area contributed by atoms with E-state index in [4.69, 9.17) is 9.57 Å². The number of nitrogens with zero attached hydrogens (tertiary/aromatic N) is 2. The zero-order valence-electron chi connectivity index (χ0n) is 16.3. The van der Waals surface area contributed by atoms with Gasteiger partial charge in [-0.15, -0.1) is 5.48 Å². The number of amides is 1. The Bertz CT molecular complexity index is 882. The molecule has 1 aromatic heterocycles. The van der Waals surface area contributed by atoms with Gasteiger partial charge in [0.15, 0.2) is 29.3 Å². The maximum absolute atomic E-state index is 12.7. The van der Waals surface area contributed by atoms with Crippen molar-refractivity contribution in [3.05, 3.63) is 53.3 Å². The first kappa shape index (κ1) is 19.6. The van der Waals surface area contributed by atoms with Crippen molar-refractivity contribution in [1.29, 1.82) is 0 Å². The third-order valence-corrected chi connectivity index (χ3v) is 4.84. The number of aromatic nitrogens is 1. The van der Waals surface area contributed by atoms with Crippen LogP contribution in [0.15, 0.2) is 41.5 Å². The Kier molecular flexibility index (Phi) is 5.51. The number of nitrogens with one attached hydrogen (secondary N) is 2. The lowest BCUT2D eigenvalue weighted by atomic mass is 9.91. The molecule has 0 radical (unpaired) electrons. The molecule has 0 fully saturated rings. The van der Waals surface area contributed by atoms with Crippen LogP contribution in [0, 0.1) is 0 Å². The molecule has 2 atom stereocenters. The SMILES string of the molecule is COc1ccnc(C(=O)N[C@@H](C)C2(c3ccc(C(C)C)cc3)N=CON2)c1O. The molecule has 1 unspecified atom stereocenters. The molecule has 0 saturated heterocycles. The minimum absolute atomic E-state index is 0.126. The normalized spacial score (nSPS) is 19.3. The van der Waals surface area contributed by atoms with Crippen LogP contribution in [0.3, 0.4) is 0 Å². The van der Waals surface area contributed by atoms with E-state index in [1.165, 1.54) is 31.3 Å². The van der Waals surface area contributed by atoms with Crippen molar-refractivity contribution in [2.24, 2.45) is 4.99 Å². The molecule has 1 aliphatic heterocycles. The van der Waals surface area contributed by atoms with Crippen molar-refractivity contribution in [3.8, 4) is 11.5 Å². The summed E-state index contributed by atoms with van der Waals surface area (Å²) in [6, 6.07) is 8.93. The molecule has 0 saturated carbocycles. The molecule has 28 heavy (non-hydrogen) atoms. The molecule has 1 aliphatic rings. The van der Waals surface area contributed by atoms with Crippen LogP contribution in [-0.2, 0) is 10.5 Å². The van der Waals surface area contributed by atoms with Crippen LogP contribution >= 0.6 is 0 Å². The van der Waals surface area contributed by atoms with Gasteiger partial charge >= 0.3 is 0 Å². The highest BCUT2D eigenvalue weighted by Gasteiger charge is 2.42. The lowest BCUT2D eigenvalue weighted by Crippen LogP contribution is -2.53. The van der Waals surface area contributed by atoms with E-state index in [2.05, 4.69) is 34.6 Å². The molecule has 2 heterocycles. The molecule has 0 bridgehead atoms. The third kappa shape index (κ3) is 3.50. The average molecular weight is 384 g/mol. The van der Waals surface area contributed by atoms with Crippen LogP contribution in [0.2, 0.25) is 0 Å². The van der Waals surface area contributed by atoms with Gasteiger partial charge in [-0.2, -0.15) is 0 Å². The van der Waals surface area contributed by atoms with Crippen LogP contribution in [0.4, 0.5) is 0 Å². The molecule has 1 amide bonds. The second-order valence-corrected chi connectivity index (χ2v) is 6.90. The number of pyridine rings is 1. The number of carbonyl (C=O) groups excluding carboxylic acids is 1. The molecule has 8 nitrogen and oxygen atoms in total. The summed E-state index contributed by atoms with van der Waals surface area (Å²) in [7, 11) is 1.41. The first-order valence-corrected chi connectivity index (χ1v) is 8.98. The van der Waals surface area contributed by atoms with Crippen molar-refractivity contribution < 1.29 is 19.5 Å². The Morgan fingerprint density at radius 1 is 1.25 bits per heavy atom. The summed E-state index contributed by atoms with van der Waals surface area (Å²) in [5.41, 5.74) is 3.79. The Hall–Kier alpha value is -3.13. The molecular formula is C20H24N4O4. The summed E-state index contributed by atoms with van der Waals surface area (Å²) in [5.74, 6) is -0.289. The van der Waals surface area contributed by atoms with Crippen molar-refractivity contribution in [3.63, 3.8) is 0 Å². The van der Waals surface area contributed by atoms with Gasteiger partial charge in [-0.3, -0.25) is 4.79 Å². The van der Waals surface area contributed by atoms with Gasteiger partial charge in [-0.1, -0.05) is 38.1 Å². The quantitative estimate of drug-likeness (QED) is 0.707. The van der Waals surface area contributed by atoms with Gasteiger partial charge in [0.05, 0.1) is 13.2 Å². The van der Waals surface area contributed by atoms with Crippen LogP contribution in [0.5, 0.6) is 11.5 Å². The van der Waals surface area contributed by atoms with Crippen LogP contribution < -0.4 is 15.5 Å². The molecule has 148 valence electrons. The summed E-state index contributed by atoms with van der Waals surface area (Å²) in [5, 5.41) is 13.0. The topological polar surface area (TPSA) is 105 Å². The molecule has 0 aliphatic carbocycles. The lowest BCUT2D eigenvalue weighted by Gasteiger charge is -2.32. The number of hydroxylamine groups is 1. The minimum Gasteiger partial charge on any atom is -0.503 e. The number of benzene rings is 1. The first-order valence-electron chi connectivity index (χ1n) is 8.98. The van der Waals surface area contributed by atoms with Gasteiger partial charge in [0, 0.05) is 12.3 Å². The van der Waals surface area contributed by atoms with Crippen molar-refractivity contribution >= 4 is 12.3 Å². The fraction of sp³-hybridized carbons (Fsp3) is 0.350. The molecule has 3 rings (SSSR count). The Morgan fingerprint density at radius 3 is 2.54 bits per heavy atom. The Morgan fingerprint density at radius 2 is 1.96 bits per heavy atom. The van der Waals surface area contributed by atoms with Crippen LogP contribution in [0.25, 0.3) is 0 Å². The van der Waals surface area contributed by atoms with E-state index >= 15 is 0 Å². The number of methoxy groups -OCH3 is 1. The van der Waals surface area contributed by atoms with E-state index in [0.29, 0.717) is 5.92 Å². The summed E-state index contributed by atoms with van der Waals surface area (Å²) < 4.78 is 5.03. The monoisotopic (exact) mass is 384 g/mol. The summed E-state index contributed by atoms with van der Waals surface area (Å²) in [6.45, 7) is 6.04. The largest absolute Gasteiger partial charge is 0.503 e. The molecule has 8 heteroatoms. The number of hydrogen-bond donors (Lipinski definition) is 3. The minimum atomic E-state index is -1.00. The first-order chi connectivity index (χ1) is 13.4. The molecule has 0 spiro atoms. The van der Waals surface area contributed by atoms with E-state index in [0.717, 1.165) is 5.56 Å². The third-order valence-electron chi connectivity index (χ3n) is 4.84. The fourth-order valence-corrected chi connectivity index (χ4v) is 3.09. The van der Waals surface area contributed by atoms with Gasteiger partial charge in [-0.05, 0) is 24.0 Å². The predicted octanol–water partition coefficient (Wildman–Crippen LogP) is 2.45. The fourth-order valence-electron chi connectivity index (χ4n) is 3.09. The van der Waals surface area contributed by atoms with E-state index < -0.39 is 17.6 Å².